The Morgan fingerprint density at radius 3 is 2.43 bits per heavy atom. The van der Waals surface area contributed by atoms with Gasteiger partial charge in [0.25, 0.3) is 5.91 Å². The molecule has 0 radical (unpaired) electrons. The molecule has 2 heterocycles. The lowest BCUT2D eigenvalue weighted by atomic mass is 9.77. The van der Waals surface area contributed by atoms with E-state index in [9.17, 15) is 22.8 Å². The van der Waals surface area contributed by atoms with Gasteiger partial charge in [-0.3, -0.25) is 4.79 Å². The van der Waals surface area contributed by atoms with Gasteiger partial charge in [-0.1, -0.05) is 6.92 Å². The minimum atomic E-state index is -4.49. The van der Waals surface area contributed by atoms with Crippen LogP contribution in [0.3, 0.4) is 0 Å². The van der Waals surface area contributed by atoms with E-state index in [1.54, 1.807) is 6.92 Å². The van der Waals surface area contributed by atoms with Gasteiger partial charge in [-0.05, 0) is 50.7 Å². The molecule has 0 atom stereocenters. The van der Waals surface area contributed by atoms with Crippen LogP contribution in [0.5, 0.6) is 0 Å². The molecule has 0 spiro atoms. The third-order valence-corrected chi connectivity index (χ3v) is 5.60. The zero-order valence-corrected chi connectivity index (χ0v) is 16.9. The number of hydrogen-bond donors (Lipinski definition) is 1. The summed E-state index contributed by atoms with van der Waals surface area (Å²) in [6, 6.07) is 2.08. The first-order chi connectivity index (χ1) is 14.1. The van der Waals surface area contributed by atoms with Gasteiger partial charge >= 0.3 is 12.1 Å². The molecule has 0 aliphatic heterocycles. The second-order valence-corrected chi connectivity index (χ2v) is 7.67. The molecule has 2 aromatic rings. The van der Waals surface area contributed by atoms with Crippen molar-refractivity contribution in [1.82, 2.24) is 20.1 Å². The van der Waals surface area contributed by atoms with E-state index in [1.165, 1.54) is 24.1 Å². The Labute approximate surface area is 171 Å². The van der Waals surface area contributed by atoms with E-state index >= 15 is 0 Å². The van der Waals surface area contributed by atoms with Crippen molar-refractivity contribution in [3.63, 3.8) is 0 Å². The topological polar surface area (TPSA) is 86.1 Å². The first kappa shape index (κ1) is 21.8. The summed E-state index contributed by atoms with van der Waals surface area (Å²) in [7, 11) is 1.29. The number of nitrogens with zero attached hydrogens (tertiary/aromatic N) is 3. The maximum atomic E-state index is 12.9. The smallest absolute Gasteiger partial charge is 0.417 e. The molecular formula is C20H23F3N4O3. The van der Waals surface area contributed by atoms with Crippen LogP contribution in [0.25, 0.3) is 5.82 Å². The molecule has 0 saturated heterocycles. The van der Waals surface area contributed by atoms with Crippen molar-refractivity contribution in [3.8, 4) is 5.82 Å². The van der Waals surface area contributed by atoms with Crippen molar-refractivity contribution >= 4 is 11.9 Å². The van der Waals surface area contributed by atoms with Crippen LogP contribution in [0.2, 0.25) is 0 Å². The Kier molecular flexibility index (Phi) is 5.87. The van der Waals surface area contributed by atoms with Crippen LogP contribution in [0.15, 0.2) is 24.5 Å². The van der Waals surface area contributed by atoms with Crippen molar-refractivity contribution in [3.05, 3.63) is 41.3 Å². The van der Waals surface area contributed by atoms with Gasteiger partial charge in [0.2, 0.25) is 0 Å². The molecule has 1 fully saturated rings. The molecule has 1 N–H and O–H groups in total. The Morgan fingerprint density at radius 2 is 1.90 bits per heavy atom. The minimum absolute atomic E-state index is 0.147. The zero-order valence-electron chi connectivity index (χ0n) is 16.9. The molecular weight excluding hydrogens is 401 g/mol. The second-order valence-electron chi connectivity index (χ2n) is 7.67. The molecule has 1 aliphatic rings. The molecule has 10 heteroatoms. The summed E-state index contributed by atoms with van der Waals surface area (Å²) in [6.45, 7) is 3.70. The van der Waals surface area contributed by atoms with E-state index < -0.39 is 29.2 Å². The summed E-state index contributed by atoms with van der Waals surface area (Å²) >= 11 is 0. The molecule has 1 amide bonds. The normalized spacial score (nSPS) is 21.9. The number of halogens is 3. The summed E-state index contributed by atoms with van der Waals surface area (Å²) in [6.07, 6.45) is 0.0359. The number of carbonyl (C=O) groups excluding carboxylic acids is 2. The number of rotatable bonds is 4. The number of carbonyl (C=O) groups is 2. The van der Waals surface area contributed by atoms with Gasteiger partial charge in [0.05, 0.1) is 30.1 Å². The molecule has 2 aromatic heterocycles. The average Bonchev–Trinajstić information content (AvgIpc) is 3.10. The van der Waals surface area contributed by atoms with E-state index in [0.717, 1.165) is 18.9 Å². The van der Waals surface area contributed by atoms with Gasteiger partial charge in [-0.15, -0.1) is 0 Å². The van der Waals surface area contributed by atoms with E-state index in [4.69, 9.17) is 4.74 Å². The lowest BCUT2D eigenvalue weighted by molar-refractivity contribution is -0.150. The highest BCUT2D eigenvalue weighted by Crippen LogP contribution is 2.33. The number of esters is 1. The van der Waals surface area contributed by atoms with E-state index in [1.807, 2.05) is 0 Å². The number of amides is 1. The number of hydrogen-bond acceptors (Lipinski definition) is 5. The van der Waals surface area contributed by atoms with Gasteiger partial charge in [0.15, 0.2) is 5.82 Å². The van der Waals surface area contributed by atoms with Crippen molar-refractivity contribution in [1.29, 1.82) is 0 Å². The molecule has 0 bridgehead atoms. The molecule has 7 nitrogen and oxygen atoms in total. The fourth-order valence-corrected chi connectivity index (χ4v) is 3.66. The van der Waals surface area contributed by atoms with Crippen LogP contribution in [-0.4, -0.2) is 39.3 Å². The number of ether oxygens (including phenoxy) is 1. The van der Waals surface area contributed by atoms with Crippen LogP contribution in [0.1, 0.15) is 54.2 Å². The molecule has 3 rings (SSSR count). The van der Waals surface area contributed by atoms with Crippen molar-refractivity contribution in [2.24, 2.45) is 5.92 Å². The molecule has 1 aliphatic carbocycles. The molecule has 0 unspecified atom stereocenters. The predicted octanol–water partition coefficient (Wildman–Crippen LogP) is 3.45. The van der Waals surface area contributed by atoms with Gasteiger partial charge in [-0.25, -0.2) is 14.5 Å². The third kappa shape index (κ3) is 4.17. The second kappa shape index (κ2) is 8.08. The minimum Gasteiger partial charge on any atom is -0.467 e. The highest BCUT2D eigenvalue weighted by molar-refractivity contribution is 5.99. The van der Waals surface area contributed by atoms with Gasteiger partial charge in [-0.2, -0.15) is 18.3 Å². The number of alkyl halides is 3. The number of methoxy groups -OCH3 is 1. The maximum absolute atomic E-state index is 12.9. The zero-order chi connectivity index (χ0) is 22.1. The van der Waals surface area contributed by atoms with Crippen LogP contribution in [-0.2, 0) is 15.7 Å². The number of pyridine rings is 1. The predicted molar refractivity (Wildman–Crippen MR) is 101 cm³/mol. The largest absolute Gasteiger partial charge is 0.467 e. The lowest BCUT2D eigenvalue weighted by Gasteiger charge is -2.37. The summed E-state index contributed by atoms with van der Waals surface area (Å²) in [5.74, 6) is -0.383. The van der Waals surface area contributed by atoms with E-state index in [0.29, 0.717) is 30.7 Å². The SMILES string of the molecule is COC(=O)C1(NC(=O)c2cnn(-c3ccc(C(F)(F)F)cn3)c2C)CCC(C)CC1. The van der Waals surface area contributed by atoms with Gasteiger partial charge in [0, 0.05) is 6.20 Å². The van der Waals surface area contributed by atoms with Crippen molar-refractivity contribution in [2.75, 3.05) is 7.11 Å². The molecule has 30 heavy (non-hydrogen) atoms. The monoisotopic (exact) mass is 424 g/mol. The van der Waals surface area contributed by atoms with Crippen LogP contribution < -0.4 is 5.32 Å². The number of nitrogens with one attached hydrogen (secondary N) is 1. The van der Waals surface area contributed by atoms with Crippen molar-refractivity contribution in [2.45, 2.75) is 51.2 Å². The third-order valence-electron chi connectivity index (χ3n) is 5.60. The summed E-state index contributed by atoms with van der Waals surface area (Å²) in [4.78, 5) is 29.2. The summed E-state index contributed by atoms with van der Waals surface area (Å²) in [5, 5.41) is 6.91. The summed E-state index contributed by atoms with van der Waals surface area (Å²) in [5.41, 5.74) is -1.37. The van der Waals surface area contributed by atoms with Crippen molar-refractivity contribution < 1.29 is 27.5 Å². The fraction of sp³-hybridized carbons (Fsp3) is 0.500. The first-order valence-electron chi connectivity index (χ1n) is 9.56. The van der Waals surface area contributed by atoms with Crippen LogP contribution in [0.4, 0.5) is 13.2 Å². The van der Waals surface area contributed by atoms with Crippen LogP contribution in [0, 0.1) is 12.8 Å². The number of aromatic nitrogens is 3. The molecule has 162 valence electrons. The Morgan fingerprint density at radius 1 is 1.23 bits per heavy atom. The Hall–Kier alpha value is -2.91. The van der Waals surface area contributed by atoms with Gasteiger partial charge in [0.1, 0.15) is 5.54 Å². The Bertz CT molecular complexity index is 930. The van der Waals surface area contributed by atoms with E-state index in [-0.39, 0.29) is 11.4 Å². The van der Waals surface area contributed by atoms with Gasteiger partial charge < -0.3 is 10.1 Å². The highest BCUT2D eigenvalue weighted by Gasteiger charge is 2.44. The Balaban J connectivity index is 1.84. The van der Waals surface area contributed by atoms with Crippen LogP contribution >= 0.6 is 0 Å². The standard InChI is InChI=1S/C20H23F3N4O3/c1-12-6-8-19(9-7-12,18(29)30-3)26-17(28)15-11-25-27(13(15)2)16-5-4-14(10-24-16)20(21,22)23/h4-5,10-12H,6-9H2,1-3H3,(H,26,28). The molecule has 0 aromatic carbocycles. The van der Waals surface area contributed by atoms with E-state index in [2.05, 4.69) is 22.3 Å². The maximum Gasteiger partial charge on any atom is 0.417 e. The fourth-order valence-electron chi connectivity index (χ4n) is 3.66. The summed E-state index contributed by atoms with van der Waals surface area (Å²) < 4.78 is 44.4. The first-order valence-corrected chi connectivity index (χ1v) is 9.56. The quantitative estimate of drug-likeness (QED) is 0.760. The lowest BCUT2D eigenvalue weighted by Crippen LogP contribution is -2.56. The average molecular weight is 424 g/mol. The highest BCUT2D eigenvalue weighted by atomic mass is 19.4. The molecule has 1 saturated carbocycles.